The van der Waals surface area contributed by atoms with Crippen molar-refractivity contribution in [3.05, 3.63) is 48.6 Å². The van der Waals surface area contributed by atoms with Crippen molar-refractivity contribution in [3.8, 4) is 0 Å². The smallest absolute Gasteiger partial charge is 0.456 e. The number of quaternary nitrogens is 1. The van der Waals surface area contributed by atoms with Gasteiger partial charge in [-0.05, 0) is 89.5 Å². The summed E-state index contributed by atoms with van der Waals surface area (Å²) in [5.74, 6) is -0.483. The lowest BCUT2D eigenvalue weighted by molar-refractivity contribution is -0.870. The number of esters is 1. The molecule has 0 radical (unpaired) electrons. The van der Waals surface area contributed by atoms with E-state index in [1.165, 1.54) is 302 Å². The summed E-state index contributed by atoms with van der Waals surface area (Å²) in [5, 5.41) is 3.09. The zero-order valence-corrected chi connectivity index (χ0v) is 61.8. The van der Waals surface area contributed by atoms with E-state index >= 15 is 0 Å². The molecule has 0 aromatic heterocycles. The highest BCUT2D eigenvalue weighted by Crippen LogP contribution is 2.43. The van der Waals surface area contributed by atoms with Gasteiger partial charge in [0, 0.05) is 12.8 Å². The highest BCUT2D eigenvalue weighted by molar-refractivity contribution is 7.47. The van der Waals surface area contributed by atoms with Gasteiger partial charge >= 0.3 is 13.8 Å². The first-order valence-corrected chi connectivity index (χ1v) is 41.0. The predicted molar refractivity (Wildman–Crippen MR) is 392 cm³/mol. The summed E-state index contributed by atoms with van der Waals surface area (Å²) in [4.78, 5) is 38.0. The number of phosphoric ester groups is 1. The Morgan fingerprint density at radius 1 is 0.389 bits per heavy atom. The number of nitrogens with one attached hydrogen (secondary N) is 1. The molecule has 0 aliphatic rings. The van der Waals surface area contributed by atoms with Crippen molar-refractivity contribution in [2.24, 2.45) is 0 Å². The van der Waals surface area contributed by atoms with E-state index in [1.807, 2.05) is 27.2 Å². The minimum absolute atomic E-state index is 0.0426. The first-order chi connectivity index (χ1) is 43.9. The topological polar surface area (TPSA) is 111 Å². The van der Waals surface area contributed by atoms with Gasteiger partial charge < -0.3 is 19.4 Å². The van der Waals surface area contributed by atoms with Crippen LogP contribution in [0.25, 0.3) is 0 Å². The Morgan fingerprint density at radius 3 is 1.03 bits per heavy atom. The maximum Gasteiger partial charge on any atom is 0.472 e. The number of carbonyl (C=O) groups excluding carboxylic acids is 2. The van der Waals surface area contributed by atoms with Crippen LogP contribution in [0.2, 0.25) is 0 Å². The number of hydrogen-bond donors (Lipinski definition) is 2. The van der Waals surface area contributed by atoms with Gasteiger partial charge in [-0.2, -0.15) is 0 Å². The minimum Gasteiger partial charge on any atom is -0.456 e. The van der Waals surface area contributed by atoms with Crippen LogP contribution in [0.1, 0.15) is 400 Å². The maximum atomic E-state index is 13.7. The second-order valence-corrected chi connectivity index (χ2v) is 29.7. The van der Waals surface area contributed by atoms with Crippen molar-refractivity contribution >= 4 is 19.7 Å². The molecule has 0 aliphatic heterocycles. The highest BCUT2D eigenvalue weighted by Gasteiger charge is 2.30. The number of phosphoric acid groups is 1. The molecule has 0 rings (SSSR count). The summed E-state index contributed by atoms with van der Waals surface area (Å²) in [7, 11) is 1.51. The molecule has 0 aromatic carbocycles. The van der Waals surface area contributed by atoms with Gasteiger partial charge in [-0.15, -0.1) is 0 Å². The van der Waals surface area contributed by atoms with Crippen molar-refractivity contribution in [2.45, 2.75) is 412 Å². The van der Waals surface area contributed by atoms with E-state index in [1.54, 1.807) is 0 Å². The number of hydrogen-bond acceptors (Lipinski definition) is 6. The van der Waals surface area contributed by atoms with Crippen LogP contribution in [0, 0.1) is 0 Å². The van der Waals surface area contributed by atoms with Crippen LogP contribution in [0.5, 0.6) is 0 Å². The Bertz CT molecular complexity index is 1680. The van der Waals surface area contributed by atoms with Crippen molar-refractivity contribution in [1.82, 2.24) is 5.32 Å². The summed E-state index contributed by atoms with van der Waals surface area (Å²) in [5.41, 5.74) is 0. The summed E-state index contributed by atoms with van der Waals surface area (Å²) in [6.45, 7) is 7.05. The molecule has 3 atom stereocenters. The third-order valence-corrected chi connectivity index (χ3v) is 19.0. The molecule has 0 fully saturated rings. The maximum absolute atomic E-state index is 13.7. The number of amides is 1. The van der Waals surface area contributed by atoms with Crippen LogP contribution < -0.4 is 5.32 Å². The van der Waals surface area contributed by atoms with Crippen LogP contribution in [0.3, 0.4) is 0 Å². The molecule has 0 aliphatic carbocycles. The fourth-order valence-corrected chi connectivity index (χ4v) is 12.6. The van der Waals surface area contributed by atoms with E-state index in [0.717, 1.165) is 64.2 Å². The lowest BCUT2D eigenvalue weighted by Gasteiger charge is -2.27. The van der Waals surface area contributed by atoms with Crippen LogP contribution in [0.4, 0.5) is 0 Å². The Hall–Kier alpha value is -2.03. The zero-order chi connectivity index (χ0) is 65.6. The number of rotatable bonds is 73. The minimum atomic E-state index is -4.46. The largest absolute Gasteiger partial charge is 0.472 e. The van der Waals surface area contributed by atoms with E-state index < -0.39 is 20.0 Å². The number of nitrogens with zero attached hydrogens (tertiary/aromatic N) is 1. The lowest BCUT2D eigenvalue weighted by Crippen LogP contribution is -2.47. The predicted octanol–water partition coefficient (Wildman–Crippen LogP) is 25.5. The van der Waals surface area contributed by atoms with Crippen LogP contribution in [-0.4, -0.2) is 74.3 Å². The molecule has 3 unspecified atom stereocenters. The lowest BCUT2D eigenvalue weighted by atomic mass is 10.0. The van der Waals surface area contributed by atoms with E-state index in [2.05, 4.69) is 68.6 Å². The quantitative estimate of drug-likeness (QED) is 0.0205. The van der Waals surface area contributed by atoms with Gasteiger partial charge in [0.15, 0.2) is 0 Å². The number of carbonyl (C=O) groups is 2. The average Bonchev–Trinajstić information content (AvgIpc) is 3.11. The van der Waals surface area contributed by atoms with E-state index in [9.17, 15) is 19.0 Å². The van der Waals surface area contributed by atoms with Crippen LogP contribution in [0.15, 0.2) is 48.6 Å². The number of likely N-dealkylation sites (N-methyl/N-ethyl adjacent to an activating group) is 1. The Morgan fingerprint density at radius 2 is 0.678 bits per heavy atom. The number of allylic oxidation sites excluding steroid dienone is 7. The van der Waals surface area contributed by atoms with Gasteiger partial charge in [0.05, 0.1) is 33.8 Å². The van der Waals surface area contributed by atoms with Gasteiger partial charge in [-0.3, -0.25) is 18.6 Å². The van der Waals surface area contributed by atoms with Crippen molar-refractivity contribution in [3.63, 3.8) is 0 Å². The van der Waals surface area contributed by atoms with E-state index in [-0.39, 0.29) is 25.1 Å². The Balaban J connectivity index is 4.90. The van der Waals surface area contributed by atoms with Gasteiger partial charge in [-0.1, -0.05) is 346 Å². The number of ether oxygens (including phenoxy) is 1. The van der Waals surface area contributed by atoms with Crippen molar-refractivity contribution < 1.29 is 37.3 Å². The summed E-state index contributed by atoms with van der Waals surface area (Å²) in [6, 6.07) is -0.847. The van der Waals surface area contributed by atoms with Crippen LogP contribution in [-0.2, 0) is 27.9 Å². The first-order valence-electron chi connectivity index (χ1n) is 39.5. The molecular weight excluding hydrogens is 1130 g/mol. The molecule has 0 bridgehead atoms. The van der Waals surface area contributed by atoms with Crippen molar-refractivity contribution in [1.29, 1.82) is 0 Å². The summed E-state index contributed by atoms with van der Waals surface area (Å²) < 4.78 is 30.9. The molecule has 90 heavy (non-hydrogen) atoms. The Labute approximate surface area is 560 Å². The summed E-state index contributed by atoms with van der Waals surface area (Å²) in [6.07, 6.45) is 90.0. The molecule has 0 aromatic rings. The standard InChI is InChI=1S/C80H153N2O7P/c1-7-10-13-16-19-22-25-28-30-32-34-36-38-40-41-43-45-47-49-51-53-55-58-61-64-67-70-73-80(84)89-78(71-68-65-62-59-56-27-24-21-18-15-12-9-3)77(76-88-90(85,86)87-75-74-82(4,5)6)81-79(83)72-69-66-63-60-57-54-52-50-48-46-44-42-39-37-35-33-31-29-26-23-20-17-14-11-8-2/h20,23,28-31,68,71,77-78H,7-19,21-22,24-27,32-67,69-70,72-76H2,1-6H3,(H-,81,83,85,86)/p+1/b23-20-,30-28+,31-29-,71-68+. The summed E-state index contributed by atoms with van der Waals surface area (Å²) >= 11 is 0. The highest BCUT2D eigenvalue weighted by atomic mass is 31.2. The molecule has 10 heteroatoms. The van der Waals surface area contributed by atoms with Crippen LogP contribution >= 0.6 is 7.82 Å². The molecule has 0 spiro atoms. The van der Waals surface area contributed by atoms with Gasteiger partial charge in [0.25, 0.3) is 0 Å². The number of unbranched alkanes of at least 4 members (excludes halogenated alkanes) is 51. The fourth-order valence-electron chi connectivity index (χ4n) is 11.9. The SMILES string of the molecule is CCCCC/C=C\C/C=C\CCCCCCCCCCCCCCCCCC(=O)NC(COP(=O)(O)OCC[N+](C)(C)C)C(/C=C/CCCCCCCCCCCC)OC(=O)CCCCCCCCCCCCCCCCCCC/C=C/CCCCCCCC. The average molecular weight is 1290 g/mol. The molecule has 0 saturated heterocycles. The Kier molecular flexibility index (Phi) is 68.2. The van der Waals surface area contributed by atoms with E-state index in [4.69, 9.17) is 13.8 Å². The molecule has 2 N–H and O–H groups in total. The molecule has 530 valence electrons. The van der Waals surface area contributed by atoms with Crippen molar-refractivity contribution in [2.75, 3.05) is 40.9 Å². The monoisotopic (exact) mass is 1290 g/mol. The molecule has 0 saturated carbocycles. The van der Waals surface area contributed by atoms with Gasteiger partial charge in [0.1, 0.15) is 19.3 Å². The second kappa shape index (κ2) is 69.8. The fraction of sp³-hybridized carbons (Fsp3) is 0.875. The third-order valence-electron chi connectivity index (χ3n) is 18.0. The normalized spacial score (nSPS) is 13.6. The van der Waals surface area contributed by atoms with Gasteiger partial charge in [-0.25, -0.2) is 4.57 Å². The zero-order valence-electron chi connectivity index (χ0n) is 60.9. The van der Waals surface area contributed by atoms with E-state index in [0.29, 0.717) is 23.9 Å². The molecular formula is C80H154N2O7P+. The van der Waals surface area contributed by atoms with Gasteiger partial charge in [0.2, 0.25) is 5.91 Å². The molecule has 9 nitrogen and oxygen atoms in total. The third kappa shape index (κ3) is 70.3. The molecule has 1 amide bonds. The second-order valence-electron chi connectivity index (χ2n) is 28.2. The first kappa shape index (κ1) is 88.0. The molecule has 0 heterocycles.